The average molecular weight is 472 g/mol. The number of hydrogen-bond donors (Lipinski definition) is 3. The molecule has 3 aromatic rings. The number of nitrogen functional groups attached to an aromatic ring is 1. The first-order valence-corrected chi connectivity index (χ1v) is 10.9. The van der Waals surface area contributed by atoms with Crippen molar-refractivity contribution in [3.8, 4) is 11.1 Å². The molecule has 5 rings (SSSR count). The van der Waals surface area contributed by atoms with Crippen LogP contribution in [0, 0.1) is 5.82 Å². The first kappa shape index (κ1) is 21.6. The Bertz CT molecular complexity index is 1250. The first-order valence-electron chi connectivity index (χ1n) is 10.5. The zero-order chi connectivity index (χ0) is 23.5. The van der Waals surface area contributed by atoms with Gasteiger partial charge in [-0.2, -0.15) is 0 Å². The smallest absolute Gasteiger partial charge is 0.258 e. The van der Waals surface area contributed by atoms with Crippen LogP contribution >= 0.6 is 11.6 Å². The summed E-state index contributed by atoms with van der Waals surface area (Å²) >= 11 is 6.90. The molecule has 1 spiro atoms. The van der Waals surface area contributed by atoms with Gasteiger partial charge in [0.25, 0.3) is 5.91 Å². The van der Waals surface area contributed by atoms with Gasteiger partial charge in [0.2, 0.25) is 0 Å². The number of amides is 1. The number of pyridine rings is 1. The molecule has 0 saturated heterocycles. The summed E-state index contributed by atoms with van der Waals surface area (Å²) in [6.45, 7) is 0.537. The predicted molar refractivity (Wildman–Crippen MR) is 122 cm³/mol. The van der Waals surface area contributed by atoms with Gasteiger partial charge in [0.1, 0.15) is 11.6 Å². The number of rotatable bonds is 3. The topological polar surface area (TPSA) is 122 Å². The number of aliphatic hydroxyl groups excluding tert-OH is 1. The van der Waals surface area contributed by atoms with Crippen LogP contribution in [0.5, 0.6) is 0 Å². The van der Waals surface area contributed by atoms with Crippen LogP contribution in [0.4, 0.5) is 15.9 Å². The van der Waals surface area contributed by atoms with E-state index in [4.69, 9.17) is 17.3 Å². The average Bonchev–Trinajstić information content (AvgIpc) is 3.49. The zero-order valence-electron chi connectivity index (χ0n) is 18.1. The molecule has 1 amide bonds. The van der Waals surface area contributed by atoms with Crippen LogP contribution in [0.25, 0.3) is 11.1 Å². The van der Waals surface area contributed by atoms with Gasteiger partial charge in [-0.3, -0.25) is 4.79 Å². The highest BCUT2D eigenvalue weighted by atomic mass is 35.5. The Morgan fingerprint density at radius 2 is 2.15 bits per heavy atom. The summed E-state index contributed by atoms with van der Waals surface area (Å²) in [6, 6.07) is 2.73. The van der Waals surface area contributed by atoms with Crippen molar-refractivity contribution in [2.45, 2.75) is 30.4 Å². The second-order valence-electron chi connectivity index (χ2n) is 8.86. The van der Waals surface area contributed by atoms with Gasteiger partial charge in [-0.1, -0.05) is 16.8 Å². The van der Waals surface area contributed by atoms with Gasteiger partial charge in [-0.15, -0.1) is 5.10 Å². The molecule has 0 unspecified atom stereocenters. The van der Waals surface area contributed by atoms with Gasteiger partial charge in [0.15, 0.2) is 0 Å². The fourth-order valence-electron chi connectivity index (χ4n) is 5.04. The van der Waals surface area contributed by atoms with Crippen molar-refractivity contribution in [3.05, 3.63) is 52.7 Å². The number of hydrogen-bond acceptors (Lipinski definition) is 7. The Hall–Kier alpha value is -3.24. The van der Waals surface area contributed by atoms with Crippen molar-refractivity contribution in [3.63, 3.8) is 0 Å². The van der Waals surface area contributed by atoms with Crippen molar-refractivity contribution in [2.75, 3.05) is 31.7 Å². The predicted octanol–water partition coefficient (Wildman–Crippen LogP) is 2.48. The number of anilines is 2. The Labute approximate surface area is 194 Å². The van der Waals surface area contributed by atoms with Crippen LogP contribution in [-0.4, -0.2) is 62.6 Å². The quantitative estimate of drug-likeness (QED) is 0.501. The molecule has 2 aliphatic rings. The van der Waals surface area contributed by atoms with Gasteiger partial charge in [0.05, 0.1) is 28.9 Å². The zero-order valence-corrected chi connectivity index (χ0v) is 18.8. The van der Waals surface area contributed by atoms with E-state index >= 15 is 4.39 Å². The summed E-state index contributed by atoms with van der Waals surface area (Å²) in [4.78, 5) is 18.3. The van der Waals surface area contributed by atoms with Crippen molar-refractivity contribution in [1.29, 1.82) is 0 Å². The number of halogens is 2. The highest BCUT2D eigenvalue weighted by Crippen LogP contribution is 2.54. The minimum absolute atomic E-state index is 0.0490. The number of carbonyl (C=O) groups excluding carboxylic acids is 1. The molecule has 1 fully saturated rings. The van der Waals surface area contributed by atoms with E-state index in [2.05, 4.69) is 20.6 Å². The molecule has 0 radical (unpaired) electrons. The lowest BCUT2D eigenvalue weighted by molar-refractivity contribution is 0.0824. The van der Waals surface area contributed by atoms with Gasteiger partial charge >= 0.3 is 0 Å². The molecule has 1 aliphatic carbocycles. The fraction of sp³-hybridized carbons (Fsp3) is 0.364. The fourth-order valence-corrected chi connectivity index (χ4v) is 5.49. The van der Waals surface area contributed by atoms with Crippen LogP contribution in [0.15, 0.2) is 30.7 Å². The minimum atomic E-state index is -0.746. The van der Waals surface area contributed by atoms with E-state index in [-0.39, 0.29) is 22.9 Å². The van der Waals surface area contributed by atoms with Crippen molar-refractivity contribution >= 4 is 29.0 Å². The third-order valence-corrected chi connectivity index (χ3v) is 7.04. The molecule has 11 heteroatoms. The van der Waals surface area contributed by atoms with E-state index in [1.165, 1.54) is 37.3 Å². The second-order valence-corrected chi connectivity index (χ2v) is 9.24. The van der Waals surface area contributed by atoms with Gasteiger partial charge in [-0.05, 0) is 25.0 Å². The number of nitrogens with two attached hydrogens (primary N) is 1. The molecule has 1 saturated carbocycles. The highest BCUT2D eigenvalue weighted by molar-refractivity contribution is 6.34. The van der Waals surface area contributed by atoms with Gasteiger partial charge in [0, 0.05) is 60.8 Å². The van der Waals surface area contributed by atoms with E-state index in [0.29, 0.717) is 35.8 Å². The Morgan fingerprint density at radius 3 is 2.85 bits per heavy atom. The number of nitrogens with one attached hydrogen (secondary N) is 1. The van der Waals surface area contributed by atoms with E-state index < -0.39 is 23.2 Å². The van der Waals surface area contributed by atoms with Crippen LogP contribution in [-0.2, 0) is 5.41 Å². The number of aliphatic hydroxyl groups is 1. The summed E-state index contributed by atoms with van der Waals surface area (Å²) in [6.07, 6.45) is 5.14. The molecule has 1 aromatic carbocycles. The first-order chi connectivity index (χ1) is 15.7. The number of aromatic nitrogens is 4. The molecule has 0 bridgehead atoms. The summed E-state index contributed by atoms with van der Waals surface area (Å²) < 4.78 is 17.2. The molecule has 1 aliphatic heterocycles. The Kier molecular flexibility index (Phi) is 5.02. The third-order valence-electron chi connectivity index (χ3n) is 6.65. The molecule has 172 valence electrons. The third kappa shape index (κ3) is 3.24. The monoisotopic (exact) mass is 471 g/mol. The van der Waals surface area contributed by atoms with Gasteiger partial charge in [-0.25, -0.2) is 14.1 Å². The molecule has 9 nitrogen and oxygen atoms in total. The molecular formula is C22H23ClFN7O2. The largest absolute Gasteiger partial charge is 0.398 e. The van der Waals surface area contributed by atoms with Crippen molar-refractivity contribution in [1.82, 2.24) is 24.9 Å². The number of fused-ring (bicyclic) bond motifs is 2. The van der Waals surface area contributed by atoms with E-state index in [9.17, 15) is 9.90 Å². The molecule has 2 aromatic heterocycles. The highest BCUT2D eigenvalue weighted by Gasteiger charge is 2.52. The lowest BCUT2D eigenvalue weighted by Gasteiger charge is -2.25. The number of nitrogens with zero attached hydrogens (tertiary/aromatic N) is 5. The van der Waals surface area contributed by atoms with Crippen LogP contribution in [0.2, 0.25) is 5.02 Å². The number of benzene rings is 1. The lowest BCUT2D eigenvalue weighted by atomic mass is 9.80. The molecular weight excluding hydrogens is 449 g/mol. The molecule has 4 N–H and O–H groups in total. The number of carbonyl (C=O) groups is 1. The Balaban J connectivity index is 1.61. The van der Waals surface area contributed by atoms with Gasteiger partial charge < -0.3 is 21.1 Å². The van der Waals surface area contributed by atoms with E-state index in [1.807, 2.05) is 0 Å². The summed E-state index contributed by atoms with van der Waals surface area (Å²) in [5.41, 5.74) is 6.50. The molecule has 3 heterocycles. The minimum Gasteiger partial charge on any atom is -0.398 e. The van der Waals surface area contributed by atoms with Crippen LogP contribution < -0.4 is 11.1 Å². The maximum absolute atomic E-state index is 15.6. The van der Waals surface area contributed by atoms with Crippen LogP contribution in [0.1, 0.15) is 34.8 Å². The van der Waals surface area contributed by atoms with E-state index in [1.54, 1.807) is 17.1 Å². The van der Waals surface area contributed by atoms with E-state index in [0.717, 1.165) is 5.56 Å². The molecule has 3 atom stereocenters. The van der Waals surface area contributed by atoms with Crippen molar-refractivity contribution < 1.29 is 14.3 Å². The summed E-state index contributed by atoms with van der Waals surface area (Å²) in [5.74, 6) is -0.676. The normalized spacial score (nSPS) is 23.5. The molecule has 33 heavy (non-hydrogen) atoms. The van der Waals surface area contributed by atoms with Crippen molar-refractivity contribution in [2.24, 2.45) is 0 Å². The summed E-state index contributed by atoms with van der Waals surface area (Å²) in [7, 11) is 3.06. The second kappa shape index (κ2) is 7.67. The Morgan fingerprint density at radius 1 is 1.36 bits per heavy atom. The lowest BCUT2D eigenvalue weighted by Crippen LogP contribution is -2.26. The standard InChI is InChI=1S/C22H23ClFN7O2/c1-30(2)21(33)16-13(25)4-3-11(19(16)24)12-9-26-20-17(18(12)23)22(10-27-20)7-14(15(32)8-22)31-6-5-28-29-31/h3-6,9,14-15,32H,7-8,10,25H2,1-2H3,(H,26,27)/t14-,15-,22+/m1/s1. The van der Waals surface area contributed by atoms with Crippen LogP contribution in [0.3, 0.4) is 0 Å². The maximum Gasteiger partial charge on any atom is 0.258 e. The maximum atomic E-state index is 15.6. The summed E-state index contributed by atoms with van der Waals surface area (Å²) in [5, 5.41) is 22.3. The SMILES string of the molecule is CN(C)C(=O)c1c(N)ccc(-c2cnc3c(c2Cl)[C@]2(CN3)C[C@@H](O)[C@H](n3ccnn3)C2)c1F.